The van der Waals surface area contributed by atoms with E-state index in [0.717, 1.165) is 13.0 Å². The number of nitro benzene ring substituents is 1. The van der Waals surface area contributed by atoms with Gasteiger partial charge in [0.15, 0.2) is 0 Å². The molecule has 0 unspecified atom stereocenters. The first-order valence-corrected chi connectivity index (χ1v) is 5.61. The summed E-state index contributed by atoms with van der Waals surface area (Å²) in [6, 6.07) is 6.28. The number of nitrogens with zero attached hydrogens (tertiary/aromatic N) is 3. The third-order valence-electron chi connectivity index (χ3n) is 2.42. The molecule has 0 saturated heterocycles. The Hall–Kier alpha value is -2.13. The highest BCUT2D eigenvalue weighted by Crippen LogP contribution is 2.25. The van der Waals surface area contributed by atoms with Crippen molar-refractivity contribution in [3.05, 3.63) is 33.9 Å². The average molecular weight is 248 g/mol. The highest BCUT2D eigenvalue weighted by atomic mass is 16.6. The normalized spacial score (nSPS) is 10.1. The fraction of sp³-hybridized carbons (Fsp3) is 0.417. The molecule has 0 radical (unpaired) electrons. The summed E-state index contributed by atoms with van der Waals surface area (Å²) in [5, 5.41) is 22.6. The molecule has 0 fully saturated rings. The Kier molecular flexibility index (Phi) is 5.08. The van der Waals surface area contributed by atoms with Crippen LogP contribution in [-0.2, 0) is 0 Å². The molecule has 0 spiro atoms. The lowest BCUT2D eigenvalue weighted by Crippen LogP contribution is -2.16. The molecule has 0 aliphatic carbocycles. The Balaban J connectivity index is 2.73. The molecule has 0 bridgehead atoms. The molecule has 0 saturated carbocycles. The second-order valence-electron chi connectivity index (χ2n) is 4.18. The molecular weight excluding hydrogens is 232 g/mol. The summed E-state index contributed by atoms with van der Waals surface area (Å²) in [6.07, 6.45) is 0.876. The predicted octanol–water partition coefficient (Wildman–Crippen LogP) is 1.83. The van der Waals surface area contributed by atoms with Crippen LogP contribution in [0.25, 0.3) is 0 Å². The molecule has 0 aliphatic heterocycles. The van der Waals surface area contributed by atoms with Gasteiger partial charge < -0.3 is 10.2 Å². The third-order valence-corrected chi connectivity index (χ3v) is 2.42. The van der Waals surface area contributed by atoms with Gasteiger partial charge in [-0.25, -0.2) is 0 Å². The molecular formula is C12H16N4O2. The molecule has 0 heterocycles. The largest absolute Gasteiger partial charge is 0.379 e. The smallest absolute Gasteiger partial charge is 0.292 e. The van der Waals surface area contributed by atoms with Crippen molar-refractivity contribution in [2.24, 2.45) is 0 Å². The zero-order valence-corrected chi connectivity index (χ0v) is 10.5. The lowest BCUT2D eigenvalue weighted by molar-refractivity contribution is -0.384. The number of nitriles is 1. The van der Waals surface area contributed by atoms with Gasteiger partial charge >= 0.3 is 0 Å². The zero-order valence-electron chi connectivity index (χ0n) is 10.5. The minimum absolute atomic E-state index is 0.00106. The summed E-state index contributed by atoms with van der Waals surface area (Å²) in [7, 11) is 3.94. The molecule has 0 atom stereocenters. The van der Waals surface area contributed by atoms with Crippen molar-refractivity contribution >= 4 is 11.4 Å². The van der Waals surface area contributed by atoms with E-state index in [4.69, 9.17) is 5.26 Å². The van der Waals surface area contributed by atoms with Crippen molar-refractivity contribution in [3.8, 4) is 6.07 Å². The van der Waals surface area contributed by atoms with Crippen LogP contribution in [0.2, 0.25) is 0 Å². The second-order valence-corrected chi connectivity index (χ2v) is 4.18. The van der Waals surface area contributed by atoms with Crippen LogP contribution in [0.1, 0.15) is 12.0 Å². The first-order chi connectivity index (χ1) is 8.54. The first-order valence-electron chi connectivity index (χ1n) is 5.61. The molecule has 0 aliphatic rings. The van der Waals surface area contributed by atoms with E-state index in [2.05, 4.69) is 5.32 Å². The maximum atomic E-state index is 10.8. The Morgan fingerprint density at radius 3 is 2.78 bits per heavy atom. The fourth-order valence-electron chi connectivity index (χ4n) is 1.52. The van der Waals surface area contributed by atoms with Crippen molar-refractivity contribution < 1.29 is 4.92 Å². The fourth-order valence-corrected chi connectivity index (χ4v) is 1.52. The maximum Gasteiger partial charge on any atom is 0.292 e. The number of benzene rings is 1. The van der Waals surface area contributed by atoms with Crippen molar-refractivity contribution in [1.29, 1.82) is 5.26 Å². The van der Waals surface area contributed by atoms with Crippen LogP contribution in [0.3, 0.4) is 0 Å². The van der Waals surface area contributed by atoms with Gasteiger partial charge in [-0.05, 0) is 39.2 Å². The SMILES string of the molecule is CN(C)CCCNc1cc(C#N)ccc1[N+](=O)[O-]. The number of hydrogen-bond donors (Lipinski definition) is 1. The van der Waals surface area contributed by atoms with E-state index in [1.165, 1.54) is 18.2 Å². The summed E-state index contributed by atoms with van der Waals surface area (Å²) in [5.74, 6) is 0. The molecule has 0 aromatic heterocycles. The summed E-state index contributed by atoms with van der Waals surface area (Å²) in [5.41, 5.74) is 0.812. The van der Waals surface area contributed by atoms with E-state index in [9.17, 15) is 10.1 Å². The standard InChI is InChI=1S/C12H16N4O2/c1-15(2)7-3-6-14-11-8-10(9-13)4-5-12(11)16(17)18/h4-5,8,14H,3,6-7H2,1-2H3. The third kappa shape index (κ3) is 4.03. The Morgan fingerprint density at radius 2 is 2.22 bits per heavy atom. The summed E-state index contributed by atoms with van der Waals surface area (Å²) >= 11 is 0. The molecule has 6 heteroatoms. The summed E-state index contributed by atoms with van der Waals surface area (Å²) in [4.78, 5) is 12.4. The van der Waals surface area contributed by atoms with Gasteiger partial charge in [0.05, 0.1) is 16.6 Å². The molecule has 1 aromatic carbocycles. The molecule has 1 aromatic rings. The molecule has 1 rings (SSSR count). The van der Waals surface area contributed by atoms with E-state index in [0.29, 0.717) is 17.8 Å². The Bertz CT molecular complexity index is 466. The maximum absolute atomic E-state index is 10.8. The van der Waals surface area contributed by atoms with Crippen LogP contribution in [0.15, 0.2) is 18.2 Å². The monoisotopic (exact) mass is 248 g/mol. The number of anilines is 1. The van der Waals surface area contributed by atoms with Gasteiger partial charge in [-0.3, -0.25) is 10.1 Å². The Labute approximate surface area is 106 Å². The van der Waals surface area contributed by atoms with E-state index in [1.807, 2.05) is 25.1 Å². The van der Waals surface area contributed by atoms with Crippen molar-refractivity contribution in [2.75, 3.05) is 32.5 Å². The minimum atomic E-state index is -0.449. The topological polar surface area (TPSA) is 82.2 Å². The van der Waals surface area contributed by atoms with Crippen LogP contribution in [0.5, 0.6) is 0 Å². The lowest BCUT2D eigenvalue weighted by Gasteiger charge is -2.10. The van der Waals surface area contributed by atoms with Crippen LogP contribution < -0.4 is 5.32 Å². The molecule has 6 nitrogen and oxygen atoms in total. The van der Waals surface area contributed by atoms with Crippen molar-refractivity contribution in [1.82, 2.24) is 4.90 Å². The highest BCUT2D eigenvalue weighted by Gasteiger charge is 2.13. The van der Waals surface area contributed by atoms with Gasteiger partial charge in [-0.2, -0.15) is 5.26 Å². The number of rotatable bonds is 6. The van der Waals surface area contributed by atoms with E-state index in [1.54, 1.807) is 0 Å². The molecule has 18 heavy (non-hydrogen) atoms. The number of nitrogens with one attached hydrogen (secondary N) is 1. The van der Waals surface area contributed by atoms with Crippen molar-refractivity contribution in [2.45, 2.75) is 6.42 Å². The first kappa shape index (κ1) is 13.9. The second kappa shape index (κ2) is 6.57. The highest BCUT2D eigenvalue weighted by molar-refractivity contribution is 5.64. The quantitative estimate of drug-likeness (QED) is 0.472. The van der Waals surface area contributed by atoms with Gasteiger partial charge in [0.1, 0.15) is 5.69 Å². The van der Waals surface area contributed by atoms with E-state index >= 15 is 0 Å². The average Bonchev–Trinajstić information content (AvgIpc) is 2.33. The molecule has 1 N–H and O–H groups in total. The van der Waals surface area contributed by atoms with Gasteiger partial charge in [0, 0.05) is 12.6 Å². The van der Waals surface area contributed by atoms with Gasteiger partial charge in [-0.15, -0.1) is 0 Å². The van der Waals surface area contributed by atoms with Crippen LogP contribution in [0, 0.1) is 21.4 Å². The van der Waals surface area contributed by atoms with Crippen LogP contribution in [0.4, 0.5) is 11.4 Å². The van der Waals surface area contributed by atoms with Crippen molar-refractivity contribution in [3.63, 3.8) is 0 Å². The van der Waals surface area contributed by atoms with Gasteiger partial charge in [-0.1, -0.05) is 0 Å². The summed E-state index contributed by atoms with van der Waals surface area (Å²) < 4.78 is 0. The van der Waals surface area contributed by atoms with E-state index < -0.39 is 4.92 Å². The lowest BCUT2D eigenvalue weighted by atomic mass is 10.2. The molecule has 0 amide bonds. The Morgan fingerprint density at radius 1 is 1.50 bits per heavy atom. The van der Waals surface area contributed by atoms with E-state index in [-0.39, 0.29) is 5.69 Å². The van der Waals surface area contributed by atoms with Crippen LogP contribution >= 0.6 is 0 Å². The van der Waals surface area contributed by atoms with Crippen LogP contribution in [-0.4, -0.2) is 37.0 Å². The number of hydrogen-bond acceptors (Lipinski definition) is 5. The predicted molar refractivity (Wildman–Crippen MR) is 69.5 cm³/mol. The zero-order chi connectivity index (χ0) is 13.5. The number of nitro groups is 1. The minimum Gasteiger partial charge on any atom is -0.379 e. The summed E-state index contributed by atoms with van der Waals surface area (Å²) in [6.45, 7) is 1.53. The van der Waals surface area contributed by atoms with Gasteiger partial charge in [0.25, 0.3) is 5.69 Å². The van der Waals surface area contributed by atoms with Gasteiger partial charge in [0.2, 0.25) is 0 Å². The molecule has 96 valence electrons.